The highest BCUT2D eigenvalue weighted by Crippen LogP contribution is 2.22. The van der Waals surface area contributed by atoms with Gasteiger partial charge in [-0.25, -0.2) is 4.39 Å². The number of hydrogen-bond acceptors (Lipinski definition) is 3. The lowest BCUT2D eigenvalue weighted by molar-refractivity contribution is -0.385. The molecule has 0 aliphatic rings. The van der Waals surface area contributed by atoms with Crippen LogP contribution in [0.15, 0.2) is 18.2 Å². The Balaban J connectivity index is 3.23. The second-order valence-electron chi connectivity index (χ2n) is 5.36. The van der Waals surface area contributed by atoms with Gasteiger partial charge in [-0.2, -0.15) is 0 Å². The van der Waals surface area contributed by atoms with Crippen LogP contribution in [-0.2, 0) is 0 Å². The number of halogens is 1. The van der Waals surface area contributed by atoms with Crippen molar-refractivity contribution in [2.45, 2.75) is 33.7 Å². The fraction of sp³-hybridized carbons (Fsp3) is 0.500. The summed E-state index contributed by atoms with van der Waals surface area (Å²) in [5.74, 6) is -0.957. The number of nitro benzene ring substituents is 1. The summed E-state index contributed by atoms with van der Waals surface area (Å²) in [5.41, 5.74) is -0.574. The largest absolute Gasteiger partial charge is 0.336 e. The molecule has 0 saturated heterocycles. The summed E-state index contributed by atoms with van der Waals surface area (Å²) < 4.78 is 13.3. The van der Waals surface area contributed by atoms with Crippen molar-refractivity contribution in [3.8, 4) is 0 Å². The van der Waals surface area contributed by atoms with E-state index in [1.807, 2.05) is 27.7 Å². The Morgan fingerprint density at radius 2 is 1.95 bits per heavy atom. The van der Waals surface area contributed by atoms with Crippen molar-refractivity contribution in [2.24, 2.45) is 5.92 Å². The van der Waals surface area contributed by atoms with Gasteiger partial charge in [0.25, 0.3) is 11.6 Å². The molecule has 0 unspecified atom stereocenters. The van der Waals surface area contributed by atoms with Gasteiger partial charge in [-0.3, -0.25) is 14.9 Å². The summed E-state index contributed by atoms with van der Waals surface area (Å²) in [6.07, 6.45) is 0. The molecule has 0 N–H and O–H groups in total. The zero-order valence-electron chi connectivity index (χ0n) is 12.1. The van der Waals surface area contributed by atoms with Crippen LogP contribution in [0.25, 0.3) is 0 Å². The first kappa shape index (κ1) is 16.1. The lowest BCUT2D eigenvalue weighted by atomic mass is 10.1. The third kappa shape index (κ3) is 3.76. The lowest BCUT2D eigenvalue weighted by Crippen LogP contribution is -2.39. The molecular formula is C14H19FN2O3. The quantitative estimate of drug-likeness (QED) is 0.615. The predicted octanol–water partition coefficient (Wildman–Crippen LogP) is 3.24. The molecule has 0 radical (unpaired) electrons. The molecular weight excluding hydrogens is 263 g/mol. The summed E-state index contributed by atoms with van der Waals surface area (Å²) in [5, 5.41) is 11.0. The van der Waals surface area contributed by atoms with E-state index >= 15 is 0 Å². The maximum Gasteiger partial charge on any atom is 0.282 e. The first-order valence-corrected chi connectivity index (χ1v) is 6.49. The fourth-order valence-electron chi connectivity index (χ4n) is 1.92. The molecule has 0 atom stereocenters. The van der Waals surface area contributed by atoms with Crippen LogP contribution in [-0.4, -0.2) is 28.3 Å². The second kappa shape index (κ2) is 6.45. The van der Waals surface area contributed by atoms with E-state index < -0.39 is 16.6 Å². The van der Waals surface area contributed by atoms with Crippen molar-refractivity contribution in [3.63, 3.8) is 0 Å². The average Bonchev–Trinajstić information content (AvgIpc) is 2.34. The van der Waals surface area contributed by atoms with Crippen LogP contribution >= 0.6 is 0 Å². The van der Waals surface area contributed by atoms with Gasteiger partial charge in [-0.15, -0.1) is 0 Å². The molecule has 110 valence electrons. The van der Waals surface area contributed by atoms with Crippen LogP contribution < -0.4 is 0 Å². The minimum absolute atomic E-state index is 0.118. The van der Waals surface area contributed by atoms with Gasteiger partial charge < -0.3 is 4.90 Å². The van der Waals surface area contributed by atoms with E-state index in [2.05, 4.69) is 0 Å². The van der Waals surface area contributed by atoms with Gasteiger partial charge in [-0.05, 0) is 31.9 Å². The van der Waals surface area contributed by atoms with Crippen LogP contribution in [0.4, 0.5) is 10.1 Å². The highest BCUT2D eigenvalue weighted by molar-refractivity contribution is 5.98. The SMILES string of the molecule is CC(C)CN(C(=O)c1cc(F)ccc1[N+](=O)[O-])C(C)C. The topological polar surface area (TPSA) is 63.5 Å². The Kier molecular flexibility index (Phi) is 5.19. The molecule has 0 heterocycles. The molecule has 5 nitrogen and oxygen atoms in total. The van der Waals surface area contributed by atoms with Crippen molar-refractivity contribution in [2.75, 3.05) is 6.54 Å². The van der Waals surface area contributed by atoms with Gasteiger partial charge >= 0.3 is 0 Å². The molecule has 20 heavy (non-hydrogen) atoms. The number of amides is 1. The third-order valence-electron chi connectivity index (χ3n) is 2.83. The van der Waals surface area contributed by atoms with Gasteiger partial charge in [-0.1, -0.05) is 13.8 Å². The highest BCUT2D eigenvalue weighted by atomic mass is 19.1. The minimum atomic E-state index is -0.666. The standard InChI is InChI=1S/C14H19FN2O3/c1-9(2)8-16(10(3)4)14(18)12-7-11(15)5-6-13(12)17(19)20/h5-7,9-10H,8H2,1-4H3. The van der Waals surface area contributed by atoms with Crippen molar-refractivity contribution in [1.82, 2.24) is 4.90 Å². The zero-order chi connectivity index (χ0) is 15.4. The molecule has 1 aromatic rings. The number of rotatable bonds is 5. The Morgan fingerprint density at radius 1 is 1.35 bits per heavy atom. The van der Waals surface area contributed by atoms with Crippen molar-refractivity contribution < 1.29 is 14.1 Å². The second-order valence-corrected chi connectivity index (χ2v) is 5.36. The molecule has 0 bridgehead atoms. The monoisotopic (exact) mass is 282 g/mol. The van der Waals surface area contributed by atoms with E-state index in [9.17, 15) is 19.3 Å². The van der Waals surface area contributed by atoms with Crippen LogP contribution in [0.3, 0.4) is 0 Å². The highest BCUT2D eigenvalue weighted by Gasteiger charge is 2.27. The predicted molar refractivity (Wildman–Crippen MR) is 74.1 cm³/mol. The van der Waals surface area contributed by atoms with Gasteiger partial charge in [0.2, 0.25) is 0 Å². The first-order valence-electron chi connectivity index (χ1n) is 6.49. The Morgan fingerprint density at radius 3 is 2.40 bits per heavy atom. The molecule has 0 saturated carbocycles. The van der Waals surface area contributed by atoms with Crippen LogP contribution in [0.2, 0.25) is 0 Å². The van der Waals surface area contributed by atoms with Gasteiger partial charge in [0.1, 0.15) is 11.4 Å². The van der Waals surface area contributed by atoms with Gasteiger partial charge in [0.15, 0.2) is 0 Å². The van der Waals surface area contributed by atoms with Crippen molar-refractivity contribution in [3.05, 3.63) is 39.7 Å². The summed E-state index contributed by atoms with van der Waals surface area (Å²) in [6, 6.07) is 2.82. The molecule has 0 spiro atoms. The smallest absolute Gasteiger partial charge is 0.282 e. The molecule has 0 aromatic heterocycles. The number of hydrogen-bond donors (Lipinski definition) is 0. The summed E-state index contributed by atoms with van der Waals surface area (Å²) in [6.45, 7) is 8.01. The van der Waals surface area contributed by atoms with E-state index in [1.54, 1.807) is 0 Å². The Labute approximate surface area is 117 Å². The first-order chi connectivity index (χ1) is 9.23. The molecule has 0 aliphatic carbocycles. The van der Waals surface area contributed by atoms with E-state index in [-0.39, 0.29) is 23.2 Å². The number of nitro groups is 1. The Hall–Kier alpha value is -1.98. The van der Waals surface area contributed by atoms with Crippen molar-refractivity contribution in [1.29, 1.82) is 0 Å². The maximum absolute atomic E-state index is 13.3. The molecule has 1 rings (SSSR count). The third-order valence-corrected chi connectivity index (χ3v) is 2.83. The van der Waals surface area contributed by atoms with E-state index in [1.165, 1.54) is 4.90 Å². The number of carbonyl (C=O) groups excluding carboxylic acids is 1. The number of carbonyl (C=O) groups is 1. The lowest BCUT2D eigenvalue weighted by Gasteiger charge is -2.28. The molecule has 0 fully saturated rings. The van der Waals surface area contributed by atoms with E-state index in [4.69, 9.17) is 0 Å². The number of benzene rings is 1. The average molecular weight is 282 g/mol. The normalized spacial score (nSPS) is 10.9. The molecule has 0 aliphatic heterocycles. The van der Waals surface area contributed by atoms with E-state index in [0.717, 1.165) is 18.2 Å². The maximum atomic E-state index is 13.3. The number of nitrogens with zero attached hydrogens (tertiary/aromatic N) is 2. The molecule has 1 aromatic carbocycles. The molecule has 6 heteroatoms. The minimum Gasteiger partial charge on any atom is -0.336 e. The van der Waals surface area contributed by atoms with Gasteiger partial charge in [0.05, 0.1) is 4.92 Å². The Bertz CT molecular complexity index is 515. The van der Waals surface area contributed by atoms with Crippen molar-refractivity contribution >= 4 is 11.6 Å². The van der Waals surface area contributed by atoms with Gasteiger partial charge in [0, 0.05) is 18.7 Å². The summed E-state index contributed by atoms with van der Waals surface area (Å²) in [7, 11) is 0. The van der Waals surface area contributed by atoms with Crippen LogP contribution in [0.1, 0.15) is 38.1 Å². The summed E-state index contributed by atoms with van der Waals surface area (Å²) >= 11 is 0. The summed E-state index contributed by atoms with van der Waals surface area (Å²) in [4.78, 5) is 24.3. The van der Waals surface area contributed by atoms with E-state index in [0.29, 0.717) is 6.54 Å². The molecule has 1 amide bonds. The fourth-order valence-corrected chi connectivity index (χ4v) is 1.92. The van der Waals surface area contributed by atoms with Crippen LogP contribution in [0.5, 0.6) is 0 Å². The zero-order valence-corrected chi connectivity index (χ0v) is 12.1. The van der Waals surface area contributed by atoms with Crippen LogP contribution in [0, 0.1) is 21.8 Å².